The number of halogens is 1. The maximum absolute atomic E-state index is 5.21. The quantitative estimate of drug-likeness (QED) is 0.341. The summed E-state index contributed by atoms with van der Waals surface area (Å²) in [5.74, 6) is 1.79. The maximum atomic E-state index is 5.21. The van der Waals surface area contributed by atoms with Gasteiger partial charge in [0.1, 0.15) is 5.75 Å². The third kappa shape index (κ3) is 7.85. The largest absolute Gasteiger partial charge is 0.497 e. The average Bonchev–Trinajstić information content (AvgIpc) is 2.75. The van der Waals surface area contributed by atoms with E-state index < -0.39 is 0 Å². The van der Waals surface area contributed by atoms with Gasteiger partial charge in [0.05, 0.1) is 7.11 Å². The Bertz CT molecular complexity index is 728. The average molecular weight is 508 g/mol. The summed E-state index contributed by atoms with van der Waals surface area (Å²) < 4.78 is 5.21. The van der Waals surface area contributed by atoms with Crippen molar-refractivity contribution in [2.45, 2.75) is 31.8 Å². The topological polar surface area (TPSA) is 48.9 Å². The van der Waals surface area contributed by atoms with E-state index in [4.69, 9.17) is 4.74 Å². The number of rotatable bonds is 7. The molecular weight excluding hydrogens is 475 g/mol. The Kier molecular flexibility index (Phi) is 10.3. The van der Waals surface area contributed by atoms with E-state index in [-0.39, 0.29) is 24.0 Å². The van der Waals surface area contributed by atoms with E-state index in [9.17, 15) is 0 Å². The molecule has 1 saturated heterocycles. The van der Waals surface area contributed by atoms with Crippen LogP contribution in [0.5, 0.6) is 5.75 Å². The Morgan fingerprint density at radius 3 is 2.34 bits per heavy atom. The summed E-state index contributed by atoms with van der Waals surface area (Å²) in [6.07, 6.45) is 3.25. The van der Waals surface area contributed by atoms with Gasteiger partial charge in [0.15, 0.2) is 5.96 Å². The Morgan fingerprint density at radius 1 is 1.03 bits per heavy atom. The molecule has 1 heterocycles. The molecule has 29 heavy (non-hydrogen) atoms. The molecule has 0 unspecified atom stereocenters. The number of hydrogen-bond donors (Lipinski definition) is 2. The van der Waals surface area contributed by atoms with Gasteiger partial charge in [-0.05, 0) is 42.5 Å². The molecule has 1 aliphatic rings. The van der Waals surface area contributed by atoms with Crippen LogP contribution >= 0.6 is 24.0 Å². The molecule has 1 fully saturated rings. The number of benzene rings is 2. The maximum Gasteiger partial charge on any atom is 0.191 e. The minimum absolute atomic E-state index is 0. The van der Waals surface area contributed by atoms with E-state index in [1.165, 1.54) is 11.1 Å². The Hall–Kier alpha value is -1.80. The van der Waals surface area contributed by atoms with Crippen molar-refractivity contribution in [2.75, 3.05) is 33.8 Å². The van der Waals surface area contributed by atoms with Gasteiger partial charge in [-0.25, -0.2) is 0 Å². The molecule has 0 saturated carbocycles. The highest BCUT2D eigenvalue weighted by atomic mass is 127. The molecule has 0 spiro atoms. The number of piperidine rings is 1. The second kappa shape index (κ2) is 12.7. The first kappa shape index (κ1) is 23.5. The summed E-state index contributed by atoms with van der Waals surface area (Å²) >= 11 is 0. The Morgan fingerprint density at radius 2 is 1.72 bits per heavy atom. The molecule has 0 radical (unpaired) electrons. The monoisotopic (exact) mass is 508 g/mol. The van der Waals surface area contributed by atoms with Gasteiger partial charge in [-0.2, -0.15) is 0 Å². The highest BCUT2D eigenvalue weighted by molar-refractivity contribution is 14.0. The highest BCUT2D eigenvalue weighted by Gasteiger charge is 2.19. The van der Waals surface area contributed by atoms with E-state index in [0.29, 0.717) is 6.04 Å². The Balaban J connectivity index is 0.00000300. The van der Waals surface area contributed by atoms with Crippen molar-refractivity contribution in [3.05, 3.63) is 65.7 Å². The molecule has 2 aromatic carbocycles. The fourth-order valence-electron chi connectivity index (χ4n) is 3.58. The second-order valence-corrected chi connectivity index (χ2v) is 7.28. The number of aliphatic imine (C=N–C) groups is 1. The van der Waals surface area contributed by atoms with Crippen molar-refractivity contribution in [1.29, 1.82) is 0 Å². The predicted octanol–water partition coefficient (Wildman–Crippen LogP) is 3.69. The lowest BCUT2D eigenvalue weighted by Crippen LogP contribution is -2.48. The molecule has 0 atom stereocenters. The SMILES string of the molecule is CN=C(NCCc1ccc(OC)cc1)NC1CCN(Cc2ccccc2)CC1.I. The van der Waals surface area contributed by atoms with Crippen LogP contribution in [0.4, 0.5) is 0 Å². The van der Waals surface area contributed by atoms with E-state index >= 15 is 0 Å². The zero-order chi connectivity index (χ0) is 19.6. The van der Waals surface area contributed by atoms with Crippen molar-refractivity contribution >= 4 is 29.9 Å². The van der Waals surface area contributed by atoms with Crippen LogP contribution in [0.2, 0.25) is 0 Å². The van der Waals surface area contributed by atoms with Crippen molar-refractivity contribution < 1.29 is 4.74 Å². The van der Waals surface area contributed by atoms with Crippen LogP contribution in [0.25, 0.3) is 0 Å². The first-order valence-corrected chi connectivity index (χ1v) is 10.1. The molecular formula is C23H33IN4O. The number of guanidine groups is 1. The standard InChI is InChI=1S/C23H32N4O.HI/c1-24-23(25-15-12-19-8-10-22(28-2)11-9-19)26-21-13-16-27(17-14-21)18-20-6-4-3-5-7-20;/h3-11,21H,12-18H2,1-2H3,(H2,24,25,26);1H. The molecule has 0 amide bonds. The molecule has 5 nitrogen and oxygen atoms in total. The zero-order valence-electron chi connectivity index (χ0n) is 17.4. The van der Waals surface area contributed by atoms with E-state index in [0.717, 1.165) is 57.2 Å². The summed E-state index contributed by atoms with van der Waals surface area (Å²) in [5, 5.41) is 7.03. The summed E-state index contributed by atoms with van der Waals surface area (Å²) in [7, 11) is 3.53. The zero-order valence-corrected chi connectivity index (χ0v) is 19.8. The predicted molar refractivity (Wildman–Crippen MR) is 131 cm³/mol. The third-order valence-corrected chi connectivity index (χ3v) is 5.27. The van der Waals surface area contributed by atoms with Crippen LogP contribution in [0.1, 0.15) is 24.0 Å². The van der Waals surface area contributed by atoms with Crippen LogP contribution in [-0.2, 0) is 13.0 Å². The minimum Gasteiger partial charge on any atom is -0.497 e. The fraction of sp³-hybridized carbons (Fsp3) is 0.435. The second-order valence-electron chi connectivity index (χ2n) is 7.28. The van der Waals surface area contributed by atoms with Gasteiger partial charge in [0.2, 0.25) is 0 Å². The van der Waals surface area contributed by atoms with Crippen LogP contribution < -0.4 is 15.4 Å². The van der Waals surface area contributed by atoms with Gasteiger partial charge in [0.25, 0.3) is 0 Å². The first-order valence-electron chi connectivity index (χ1n) is 10.1. The lowest BCUT2D eigenvalue weighted by Gasteiger charge is -2.33. The Labute approximate surface area is 192 Å². The molecule has 3 rings (SSSR count). The first-order chi connectivity index (χ1) is 13.8. The van der Waals surface area contributed by atoms with Crippen molar-refractivity contribution in [3.8, 4) is 5.75 Å². The van der Waals surface area contributed by atoms with E-state index in [1.807, 2.05) is 19.2 Å². The van der Waals surface area contributed by atoms with Gasteiger partial charge >= 0.3 is 0 Å². The fourth-order valence-corrected chi connectivity index (χ4v) is 3.58. The molecule has 0 aromatic heterocycles. The number of ether oxygens (including phenoxy) is 1. The van der Waals surface area contributed by atoms with Crippen LogP contribution in [-0.4, -0.2) is 50.7 Å². The molecule has 0 bridgehead atoms. The number of nitrogens with zero attached hydrogens (tertiary/aromatic N) is 2. The van der Waals surface area contributed by atoms with Gasteiger partial charge in [-0.3, -0.25) is 9.89 Å². The van der Waals surface area contributed by atoms with Gasteiger partial charge < -0.3 is 15.4 Å². The molecule has 2 N–H and O–H groups in total. The number of hydrogen-bond acceptors (Lipinski definition) is 3. The smallest absolute Gasteiger partial charge is 0.191 e. The molecule has 6 heteroatoms. The van der Waals surface area contributed by atoms with Crippen LogP contribution in [0.3, 0.4) is 0 Å². The molecule has 0 aliphatic carbocycles. The number of nitrogens with one attached hydrogen (secondary N) is 2. The van der Waals surface area contributed by atoms with Crippen molar-refractivity contribution in [2.24, 2.45) is 4.99 Å². The summed E-state index contributed by atoms with van der Waals surface area (Å²) in [6.45, 7) is 4.14. The van der Waals surface area contributed by atoms with Gasteiger partial charge in [0, 0.05) is 39.3 Å². The van der Waals surface area contributed by atoms with Crippen molar-refractivity contribution in [1.82, 2.24) is 15.5 Å². The van der Waals surface area contributed by atoms with Gasteiger partial charge in [-0.1, -0.05) is 42.5 Å². The van der Waals surface area contributed by atoms with Gasteiger partial charge in [-0.15, -0.1) is 24.0 Å². The normalized spacial score (nSPS) is 15.4. The lowest BCUT2D eigenvalue weighted by atomic mass is 10.0. The van der Waals surface area contributed by atoms with Crippen LogP contribution in [0, 0.1) is 0 Å². The molecule has 2 aromatic rings. The number of methoxy groups -OCH3 is 1. The number of likely N-dealkylation sites (tertiary alicyclic amines) is 1. The summed E-state index contributed by atoms with van der Waals surface area (Å²) in [4.78, 5) is 6.92. The molecule has 158 valence electrons. The van der Waals surface area contributed by atoms with E-state index in [1.54, 1.807) is 7.11 Å². The summed E-state index contributed by atoms with van der Waals surface area (Å²) in [6, 6.07) is 19.4. The lowest BCUT2D eigenvalue weighted by molar-refractivity contribution is 0.198. The molecule has 1 aliphatic heterocycles. The summed E-state index contributed by atoms with van der Waals surface area (Å²) in [5.41, 5.74) is 2.68. The minimum atomic E-state index is 0. The third-order valence-electron chi connectivity index (χ3n) is 5.27. The van der Waals surface area contributed by atoms with Crippen LogP contribution in [0.15, 0.2) is 59.6 Å². The highest BCUT2D eigenvalue weighted by Crippen LogP contribution is 2.14. The van der Waals surface area contributed by atoms with Crippen molar-refractivity contribution in [3.63, 3.8) is 0 Å². The van der Waals surface area contributed by atoms with E-state index in [2.05, 4.69) is 63.0 Å².